The molecule has 2 heterocycles. The monoisotopic (exact) mass is 781 g/mol. The number of aromatic nitrogens is 2. The molecule has 1 aromatic heterocycles. The number of nitrogens with one attached hydrogen (secondary N) is 5. The van der Waals surface area contributed by atoms with Crippen LogP contribution in [0.25, 0.3) is 0 Å². The van der Waals surface area contributed by atoms with Crippen molar-refractivity contribution in [3.8, 4) is 0 Å². The summed E-state index contributed by atoms with van der Waals surface area (Å²) in [5.41, 5.74) is 18.6. The molecule has 0 saturated carbocycles. The van der Waals surface area contributed by atoms with Gasteiger partial charge >= 0.3 is 5.97 Å². The molecule has 18 nitrogen and oxygen atoms in total. The van der Waals surface area contributed by atoms with Gasteiger partial charge in [0, 0.05) is 31.4 Å². The number of hydrogen-bond donors (Lipinski definition) is 9. The molecule has 1 aliphatic heterocycles. The number of nitrogens with zero attached hydrogens (tertiary/aromatic N) is 3. The van der Waals surface area contributed by atoms with E-state index >= 15 is 0 Å². The average molecular weight is 782 g/mol. The lowest BCUT2D eigenvalue weighted by molar-refractivity contribution is -0.149. The van der Waals surface area contributed by atoms with Crippen LogP contribution in [-0.2, 0) is 41.6 Å². The molecule has 2 aromatic rings. The van der Waals surface area contributed by atoms with Crippen molar-refractivity contribution in [3.05, 3.63) is 54.1 Å². The van der Waals surface area contributed by atoms with Crippen molar-refractivity contribution in [2.24, 2.45) is 34.0 Å². The Bertz CT molecular complexity index is 1630. The van der Waals surface area contributed by atoms with E-state index in [1.54, 1.807) is 6.92 Å². The Balaban J connectivity index is 1.83. The van der Waals surface area contributed by atoms with Crippen LogP contribution in [0.4, 0.5) is 0 Å². The van der Waals surface area contributed by atoms with E-state index in [0.717, 1.165) is 5.56 Å². The number of aromatic amines is 1. The Labute approximate surface area is 327 Å². The van der Waals surface area contributed by atoms with Crippen molar-refractivity contribution >= 4 is 41.5 Å². The van der Waals surface area contributed by atoms with Crippen LogP contribution >= 0.6 is 0 Å². The van der Waals surface area contributed by atoms with Crippen LogP contribution in [0.3, 0.4) is 0 Å². The highest BCUT2D eigenvalue weighted by Crippen LogP contribution is 2.20. The Morgan fingerprint density at radius 3 is 2.20 bits per heavy atom. The molecule has 18 heteroatoms. The number of H-pyrrole nitrogens is 1. The number of hydrogen-bond acceptors (Lipinski definition) is 9. The predicted molar refractivity (Wildman–Crippen MR) is 209 cm³/mol. The number of imidazole rings is 1. The molecule has 3 rings (SSSR count). The minimum Gasteiger partial charge on any atom is -0.480 e. The highest BCUT2D eigenvalue weighted by molar-refractivity contribution is 5.96. The number of carboxylic acid groups (broad SMARTS) is 1. The summed E-state index contributed by atoms with van der Waals surface area (Å²) in [7, 11) is 0. The van der Waals surface area contributed by atoms with Gasteiger partial charge < -0.3 is 53.5 Å². The third-order valence-corrected chi connectivity index (χ3v) is 9.76. The summed E-state index contributed by atoms with van der Waals surface area (Å²) in [6.45, 7) is 7.76. The molecule has 5 amide bonds. The van der Waals surface area contributed by atoms with E-state index in [-0.39, 0.29) is 69.4 Å². The SMILES string of the molecule is CC[C@H](C)[C@H](NC(=O)[C@@H](N)Cc1ccccc1)C(=O)N[C@@H](CCCN=C(N)N)C(=O)N[C@@H](CC(C)C)C(=O)N[C@@H](Cc1cnc[nH]1)C(=O)N1CCC[C@H]1C(=O)O. The number of carbonyl (C=O) groups is 6. The molecule has 12 N–H and O–H groups in total. The number of nitrogens with two attached hydrogens (primary N) is 3. The lowest BCUT2D eigenvalue weighted by Crippen LogP contribution is -2.60. The first-order valence-electron chi connectivity index (χ1n) is 19.2. The average Bonchev–Trinajstić information content (AvgIpc) is 3.87. The Hall–Kier alpha value is -5.52. The molecule has 0 radical (unpaired) electrons. The summed E-state index contributed by atoms with van der Waals surface area (Å²) in [5.74, 6) is -4.77. The second-order valence-electron chi connectivity index (χ2n) is 14.7. The fraction of sp³-hybridized carbons (Fsp3) is 0.579. The van der Waals surface area contributed by atoms with E-state index in [1.165, 1.54) is 17.4 Å². The van der Waals surface area contributed by atoms with E-state index < -0.39 is 71.8 Å². The molecule has 0 unspecified atom stereocenters. The van der Waals surface area contributed by atoms with Crippen LogP contribution < -0.4 is 38.5 Å². The number of benzene rings is 1. The van der Waals surface area contributed by atoms with Gasteiger partial charge in [0.15, 0.2) is 5.96 Å². The van der Waals surface area contributed by atoms with Gasteiger partial charge in [-0.25, -0.2) is 9.78 Å². The van der Waals surface area contributed by atoms with Gasteiger partial charge in [0.1, 0.15) is 30.2 Å². The van der Waals surface area contributed by atoms with Gasteiger partial charge in [0.2, 0.25) is 29.5 Å². The van der Waals surface area contributed by atoms with E-state index in [2.05, 4.69) is 36.2 Å². The Kier molecular flexibility index (Phi) is 17.7. The van der Waals surface area contributed by atoms with E-state index in [1.807, 2.05) is 51.1 Å². The fourth-order valence-electron chi connectivity index (χ4n) is 6.51. The number of carbonyl (C=O) groups excluding carboxylic acids is 5. The van der Waals surface area contributed by atoms with E-state index in [4.69, 9.17) is 17.2 Å². The zero-order chi connectivity index (χ0) is 41.4. The van der Waals surface area contributed by atoms with E-state index in [9.17, 15) is 33.9 Å². The third-order valence-electron chi connectivity index (χ3n) is 9.76. The fourth-order valence-corrected chi connectivity index (χ4v) is 6.51. The summed E-state index contributed by atoms with van der Waals surface area (Å²) in [6, 6.07) is 2.75. The number of aliphatic imine (C=N–C) groups is 1. The zero-order valence-corrected chi connectivity index (χ0v) is 32.7. The van der Waals surface area contributed by atoms with Gasteiger partial charge in [-0.3, -0.25) is 29.0 Å². The molecule has 7 atom stereocenters. The second-order valence-corrected chi connectivity index (χ2v) is 14.7. The molecule has 1 saturated heterocycles. The first-order chi connectivity index (χ1) is 26.6. The maximum atomic E-state index is 14.0. The Morgan fingerprint density at radius 1 is 0.929 bits per heavy atom. The number of aliphatic carboxylic acids is 1. The number of likely N-dealkylation sites (tertiary alicyclic amines) is 1. The molecule has 0 spiro atoms. The van der Waals surface area contributed by atoms with Crippen molar-refractivity contribution in [2.45, 2.75) is 115 Å². The van der Waals surface area contributed by atoms with Crippen LogP contribution in [0.15, 0.2) is 47.8 Å². The maximum absolute atomic E-state index is 14.0. The lowest BCUT2D eigenvalue weighted by Gasteiger charge is -2.30. The van der Waals surface area contributed by atoms with Gasteiger partial charge in [-0.05, 0) is 55.9 Å². The molecular weight excluding hydrogens is 722 g/mol. The van der Waals surface area contributed by atoms with E-state index in [0.29, 0.717) is 18.5 Å². The van der Waals surface area contributed by atoms with Crippen LogP contribution in [-0.4, -0.2) is 111 Å². The second kappa shape index (κ2) is 22.1. The van der Waals surface area contributed by atoms with Crippen molar-refractivity contribution in [3.63, 3.8) is 0 Å². The first-order valence-corrected chi connectivity index (χ1v) is 19.2. The zero-order valence-electron chi connectivity index (χ0n) is 32.7. The molecule has 0 bridgehead atoms. The molecule has 1 aromatic carbocycles. The van der Waals surface area contributed by atoms with Crippen LogP contribution in [0.2, 0.25) is 0 Å². The number of rotatable bonds is 22. The van der Waals surface area contributed by atoms with Gasteiger partial charge in [0.05, 0.1) is 12.4 Å². The summed E-state index contributed by atoms with van der Waals surface area (Å²) >= 11 is 0. The molecule has 0 aliphatic carbocycles. The number of guanidine groups is 1. The lowest BCUT2D eigenvalue weighted by atomic mass is 9.96. The third kappa shape index (κ3) is 14.0. The highest BCUT2D eigenvalue weighted by atomic mass is 16.4. The largest absolute Gasteiger partial charge is 0.480 e. The molecule has 56 heavy (non-hydrogen) atoms. The normalized spacial score (nSPS) is 17.1. The Morgan fingerprint density at radius 2 is 1.59 bits per heavy atom. The summed E-state index contributed by atoms with van der Waals surface area (Å²) in [6.07, 6.45) is 5.01. The van der Waals surface area contributed by atoms with Gasteiger partial charge in [-0.2, -0.15) is 0 Å². The minimum absolute atomic E-state index is 0.00302. The van der Waals surface area contributed by atoms with Crippen molar-refractivity contribution in [1.29, 1.82) is 0 Å². The molecular formula is C38H59N11O7. The van der Waals surface area contributed by atoms with Crippen LogP contribution in [0.1, 0.15) is 77.5 Å². The van der Waals surface area contributed by atoms with Crippen molar-refractivity contribution in [1.82, 2.24) is 36.1 Å². The number of carboxylic acids is 1. The van der Waals surface area contributed by atoms with Gasteiger partial charge in [-0.15, -0.1) is 0 Å². The minimum atomic E-state index is -1.18. The summed E-state index contributed by atoms with van der Waals surface area (Å²) < 4.78 is 0. The van der Waals surface area contributed by atoms with Crippen LogP contribution in [0, 0.1) is 11.8 Å². The topological polar surface area (TPSA) is 293 Å². The van der Waals surface area contributed by atoms with Crippen molar-refractivity contribution in [2.75, 3.05) is 13.1 Å². The maximum Gasteiger partial charge on any atom is 0.326 e. The van der Waals surface area contributed by atoms with Gasteiger partial charge in [-0.1, -0.05) is 64.4 Å². The summed E-state index contributed by atoms with van der Waals surface area (Å²) in [4.78, 5) is 93.0. The number of amides is 5. The highest BCUT2D eigenvalue weighted by Gasteiger charge is 2.39. The van der Waals surface area contributed by atoms with Crippen LogP contribution in [0.5, 0.6) is 0 Å². The smallest absolute Gasteiger partial charge is 0.326 e. The standard InChI is InChI=1S/C38H59N11O7/c1-5-23(4)31(48-32(50)26(39)18-24-11-7-6-8-12-24)35(53)45-27(13-9-15-43-38(40)41)33(51)46-28(17-22(2)3)34(52)47-29(19-25-20-42-21-44-25)36(54)49-16-10-14-30(49)37(55)56/h6-8,11-12,20-23,26-31H,5,9-10,13-19,39H2,1-4H3,(H,42,44)(H,45,53)(H,46,51)(H,47,52)(H,48,50)(H,55,56)(H4,40,41,43)/t23-,26-,27-,28-,29-,30-,31-/m0/s1. The summed E-state index contributed by atoms with van der Waals surface area (Å²) in [5, 5.41) is 20.8. The molecule has 1 aliphatic rings. The molecule has 308 valence electrons. The first kappa shape index (κ1) is 44.9. The quantitative estimate of drug-likeness (QED) is 0.0424. The van der Waals surface area contributed by atoms with Gasteiger partial charge in [0.25, 0.3) is 0 Å². The predicted octanol–water partition coefficient (Wildman–Crippen LogP) is -0.317. The van der Waals surface area contributed by atoms with Crippen molar-refractivity contribution < 1.29 is 33.9 Å². The molecule has 1 fully saturated rings.